The number of nitrogens with zero attached hydrogens (tertiary/aromatic N) is 5. The van der Waals surface area contributed by atoms with Gasteiger partial charge in [0, 0.05) is 48.7 Å². The molecule has 2 fully saturated rings. The van der Waals surface area contributed by atoms with E-state index in [2.05, 4.69) is 47.8 Å². The molecule has 2 atom stereocenters. The van der Waals surface area contributed by atoms with Crippen LogP contribution in [0.5, 0.6) is 0 Å². The minimum Gasteiger partial charge on any atom is -0.356 e. The highest BCUT2D eigenvalue weighted by molar-refractivity contribution is 9.10. The van der Waals surface area contributed by atoms with Gasteiger partial charge < -0.3 is 9.80 Å². The normalized spacial score (nSPS) is 22.6. The average molecular weight is 396 g/mol. The molecule has 1 aromatic carbocycles. The second-order valence-corrected chi connectivity index (χ2v) is 7.80. The van der Waals surface area contributed by atoms with E-state index in [1.165, 1.54) is 0 Å². The summed E-state index contributed by atoms with van der Waals surface area (Å²) < 4.78 is 1.02. The fourth-order valence-electron chi connectivity index (χ4n) is 4.02. The van der Waals surface area contributed by atoms with Crippen LogP contribution in [0, 0.1) is 11.8 Å². The molecule has 2 aromatic heterocycles. The summed E-state index contributed by atoms with van der Waals surface area (Å²) in [5.74, 6) is 3.41. The van der Waals surface area contributed by atoms with E-state index in [9.17, 15) is 0 Å². The van der Waals surface area contributed by atoms with Gasteiger partial charge in [-0.15, -0.1) is 0 Å². The lowest BCUT2D eigenvalue weighted by atomic mass is 10.0. The zero-order chi connectivity index (χ0) is 16.8. The molecule has 2 aliphatic heterocycles. The van der Waals surface area contributed by atoms with Gasteiger partial charge >= 0.3 is 0 Å². The van der Waals surface area contributed by atoms with Crippen LogP contribution in [0.2, 0.25) is 0 Å². The number of fused-ring (bicyclic) bond motifs is 2. The van der Waals surface area contributed by atoms with Crippen molar-refractivity contribution < 1.29 is 0 Å². The number of halogens is 1. The van der Waals surface area contributed by atoms with E-state index in [1.807, 2.05) is 36.7 Å². The van der Waals surface area contributed by atoms with Crippen LogP contribution in [0.1, 0.15) is 0 Å². The lowest BCUT2D eigenvalue weighted by Crippen LogP contribution is -2.29. The zero-order valence-electron chi connectivity index (χ0n) is 13.7. The first kappa shape index (κ1) is 15.1. The molecule has 0 spiro atoms. The third-order valence-electron chi connectivity index (χ3n) is 5.28. The maximum Gasteiger partial charge on any atom is 0.147 e. The molecule has 5 rings (SSSR count). The van der Waals surface area contributed by atoms with Gasteiger partial charge in [-0.3, -0.25) is 4.98 Å². The average Bonchev–Trinajstić information content (AvgIpc) is 3.21. The summed E-state index contributed by atoms with van der Waals surface area (Å²) in [4.78, 5) is 18.7. The van der Waals surface area contributed by atoms with E-state index < -0.39 is 0 Å². The first-order chi connectivity index (χ1) is 12.3. The van der Waals surface area contributed by atoms with Crippen molar-refractivity contribution in [1.82, 2.24) is 15.0 Å². The third kappa shape index (κ3) is 2.74. The van der Waals surface area contributed by atoms with E-state index >= 15 is 0 Å². The molecule has 0 N–H and O–H groups in total. The Hall–Kier alpha value is -2.21. The number of rotatable bonds is 2. The number of anilines is 2. The summed E-state index contributed by atoms with van der Waals surface area (Å²) in [6.45, 7) is 4.23. The van der Waals surface area contributed by atoms with E-state index in [0.717, 1.165) is 53.3 Å². The molecular weight excluding hydrogens is 378 g/mol. The fraction of sp³-hybridized carbons (Fsp3) is 0.316. The molecule has 0 saturated carbocycles. The molecular formula is C19H18BrN5. The van der Waals surface area contributed by atoms with E-state index in [0.29, 0.717) is 11.8 Å². The SMILES string of the molecule is Brc1ccc(N2CC3CN(c4cnc5ccccc5n4)CC3C2)nc1. The van der Waals surface area contributed by atoms with E-state index in [-0.39, 0.29) is 0 Å². The maximum absolute atomic E-state index is 4.80. The highest BCUT2D eigenvalue weighted by Crippen LogP contribution is 2.35. The van der Waals surface area contributed by atoms with E-state index in [4.69, 9.17) is 4.98 Å². The zero-order valence-corrected chi connectivity index (χ0v) is 15.3. The van der Waals surface area contributed by atoms with Crippen molar-refractivity contribution in [2.45, 2.75) is 0 Å². The molecule has 2 unspecified atom stereocenters. The Balaban J connectivity index is 1.32. The number of para-hydroxylation sites is 2. The molecule has 0 amide bonds. The van der Waals surface area contributed by atoms with Gasteiger partial charge in [-0.25, -0.2) is 9.97 Å². The third-order valence-corrected chi connectivity index (χ3v) is 5.75. The van der Waals surface area contributed by atoms with Crippen LogP contribution in [0.4, 0.5) is 11.6 Å². The van der Waals surface area contributed by atoms with Crippen LogP contribution >= 0.6 is 15.9 Å². The number of hydrogen-bond acceptors (Lipinski definition) is 5. The molecule has 5 nitrogen and oxygen atoms in total. The van der Waals surface area contributed by atoms with Crippen molar-refractivity contribution >= 4 is 38.6 Å². The maximum atomic E-state index is 4.80. The fourth-order valence-corrected chi connectivity index (χ4v) is 4.26. The van der Waals surface area contributed by atoms with Crippen LogP contribution in [0.15, 0.2) is 53.3 Å². The van der Waals surface area contributed by atoms with E-state index in [1.54, 1.807) is 0 Å². The largest absolute Gasteiger partial charge is 0.356 e. The molecule has 0 bridgehead atoms. The lowest BCUT2D eigenvalue weighted by Gasteiger charge is -2.23. The summed E-state index contributed by atoms with van der Waals surface area (Å²) in [6.07, 6.45) is 3.79. The second-order valence-electron chi connectivity index (χ2n) is 6.88. The van der Waals surface area contributed by atoms with Crippen molar-refractivity contribution in [1.29, 1.82) is 0 Å². The van der Waals surface area contributed by atoms with Gasteiger partial charge in [0.1, 0.15) is 11.6 Å². The number of hydrogen-bond donors (Lipinski definition) is 0. The Labute approximate surface area is 154 Å². The quantitative estimate of drug-likeness (QED) is 0.665. The summed E-state index contributed by atoms with van der Waals surface area (Å²) >= 11 is 3.45. The van der Waals surface area contributed by atoms with Gasteiger partial charge in [0.25, 0.3) is 0 Å². The van der Waals surface area contributed by atoms with Gasteiger partial charge in [0.2, 0.25) is 0 Å². The number of pyridine rings is 1. The minimum absolute atomic E-state index is 0.665. The predicted molar refractivity (Wildman–Crippen MR) is 103 cm³/mol. The summed E-state index contributed by atoms with van der Waals surface area (Å²) in [5, 5.41) is 0. The van der Waals surface area contributed by atoms with Crippen molar-refractivity contribution in [2.24, 2.45) is 11.8 Å². The van der Waals surface area contributed by atoms with Crippen LogP contribution in [-0.4, -0.2) is 41.1 Å². The summed E-state index contributed by atoms with van der Waals surface area (Å²) in [5.41, 5.74) is 1.93. The minimum atomic E-state index is 0.665. The smallest absolute Gasteiger partial charge is 0.147 e. The van der Waals surface area contributed by atoms with Crippen molar-refractivity contribution in [3.8, 4) is 0 Å². The predicted octanol–water partition coefficient (Wildman–Crippen LogP) is 3.36. The van der Waals surface area contributed by atoms with Crippen LogP contribution in [0.25, 0.3) is 11.0 Å². The van der Waals surface area contributed by atoms with Gasteiger partial charge in [0.15, 0.2) is 0 Å². The molecule has 6 heteroatoms. The monoisotopic (exact) mass is 395 g/mol. The molecule has 25 heavy (non-hydrogen) atoms. The van der Waals surface area contributed by atoms with Gasteiger partial charge in [-0.05, 0) is 40.2 Å². The number of aromatic nitrogens is 3. The Bertz CT molecular complexity index is 899. The molecule has 4 heterocycles. The Kier molecular flexibility index (Phi) is 3.59. The van der Waals surface area contributed by atoms with Gasteiger partial charge in [-0.2, -0.15) is 0 Å². The molecule has 0 aliphatic carbocycles. The standard InChI is InChI=1S/C19H18BrN5/c20-15-5-6-18(22-7-15)24-9-13-11-25(12-14(13)10-24)19-8-21-16-3-1-2-4-17(16)23-19/h1-8,13-14H,9-12H2. The molecule has 2 saturated heterocycles. The summed E-state index contributed by atoms with van der Waals surface area (Å²) in [6, 6.07) is 12.2. The Morgan fingerprint density at radius 2 is 1.44 bits per heavy atom. The van der Waals surface area contributed by atoms with Crippen molar-refractivity contribution in [2.75, 3.05) is 36.0 Å². The Morgan fingerprint density at radius 1 is 0.760 bits per heavy atom. The molecule has 126 valence electrons. The van der Waals surface area contributed by atoms with Crippen LogP contribution in [-0.2, 0) is 0 Å². The summed E-state index contributed by atoms with van der Waals surface area (Å²) in [7, 11) is 0. The lowest BCUT2D eigenvalue weighted by molar-refractivity contribution is 0.533. The topological polar surface area (TPSA) is 45.2 Å². The van der Waals surface area contributed by atoms with Crippen molar-refractivity contribution in [3.63, 3.8) is 0 Å². The van der Waals surface area contributed by atoms with Crippen molar-refractivity contribution in [3.05, 3.63) is 53.3 Å². The first-order valence-corrected chi connectivity index (χ1v) is 9.39. The van der Waals surface area contributed by atoms with Gasteiger partial charge in [0.05, 0.1) is 17.2 Å². The van der Waals surface area contributed by atoms with Gasteiger partial charge in [-0.1, -0.05) is 12.1 Å². The number of benzene rings is 1. The molecule has 3 aromatic rings. The van der Waals surface area contributed by atoms with Crippen LogP contribution in [0.3, 0.4) is 0 Å². The first-order valence-electron chi connectivity index (χ1n) is 8.59. The molecule has 0 radical (unpaired) electrons. The molecule has 2 aliphatic rings. The highest BCUT2D eigenvalue weighted by atomic mass is 79.9. The Morgan fingerprint density at radius 3 is 2.12 bits per heavy atom. The van der Waals surface area contributed by atoms with Crippen LogP contribution < -0.4 is 9.80 Å². The second kappa shape index (κ2) is 5.95. The highest BCUT2D eigenvalue weighted by Gasteiger charge is 2.40.